The number of nitriles is 1. The number of aryl methyl sites for hydroxylation is 1. The highest BCUT2D eigenvalue weighted by Gasteiger charge is 2.05. The topological polar surface area (TPSA) is 55.1 Å². The zero-order valence-electron chi connectivity index (χ0n) is 11.2. The van der Waals surface area contributed by atoms with Gasteiger partial charge in [-0.15, -0.1) is 0 Å². The van der Waals surface area contributed by atoms with Crippen LogP contribution in [0.25, 0.3) is 0 Å². The van der Waals surface area contributed by atoms with Gasteiger partial charge < -0.3 is 9.47 Å². The van der Waals surface area contributed by atoms with Crippen molar-refractivity contribution in [1.29, 1.82) is 5.26 Å². The van der Waals surface area contributed by atoms with E-state index in [1.807, 2.05) is 13.0 Å². The van der Waals surface area contributed by atoms with Crippen LogP contribution >= 0.6 is 0 Å². The van der Waals surface area contributed by atoms with Crippen LogP contribution in [0, 0.1) is 24.1 Å². The second-order valence-corrected chi connectivity index (χ2v) is 4.18. The van der Waals surface area contributed by atoms with Gasteiger partial charge in [-0.1, -0.05) is 0 Å². The number of aromatic nitrogens is 1. The second-order valence-electron chi connectivity index (χ2n) is 4.18. The highest BCUT2D eigenvalue weighted by Crippen LogP contribution is 2.19. The molecule has 0 radical (unpaired) electrons. The highest BCUT2D eigenvalue weighted by molar-refractivity contribution is 5.36. The van der Waals surface area contributed by atoms with Crippen molar-refractivity contribution >= 4 is 0 Å². The molecule has 20 heavy (non-hydrogen) atoms. The van der Waals surface area contributed by atoms with E-state index in [-0.39, 0.29) is 12.2 Å². The Morgan fingerprint density at radius 1 is 1.25 bits per heavy atom. The maximum absolute atomic E-state index is 13.4. The van der Waals surface area contributed by atoms with Crippen molar-refractivity contribution in [2.24, 2.45) is 0 Å². The third-order valence-corrected chi connectivity index (χ3v) is 2.66. The number of hydrogen-bond donors (Lipinski definition) is 0. The number of methoxy groups -OCH3 is 1. The van der Waals surface area contributed by atoms with E-state index in [2.05, 4.69) is 4.98 Å². The Kier molecular flexibility index (Phi) is 4.16. The summed E-state index contributed by atoms with van der Waals surface area (Å²) in [6.45, 7) is 2.05. The first kappa shape index (κ1) is 13.8. The third-order valence-electron chi connectivity index (χ3n) is 2.66. The van der Waals surface area contributed by atoms with Crippen LogP contribution in [-0.2, 0) is 6.61 Å². The number of hydrogen-bond acceptors (Lipinski definition) is 4. The van der Waals surface area contributed by atoms with E-state index >= 15 is 0 Å². The van der Waals surface area contributed by atoms with Crippen molar-refractivity contribution in [3.05, 3.63) is 53.1 Å². The van der Waals surface area contributed by atoms with Gasteiger partial charge in [0.2, 0.25) is 0 Å². The van der Waals surface area contributed by atoms with Gasteiger partial charge in [0.25, 0.3) is 0 Å². The molecule has 0 saturated carbocycles. The fraction of sp³-hybridized carbons (Fsp3) is 0.200. The van der Waals surface area contributed by atoms with Crippen molar-refractivity contribution in [3.8, 4) is 17.6 Å². The Balaban J connectivity index is 2.11. The minimum atomic E-state index is -0.597. The highest BCUT2D eigenvalue weighted by atomic mass is 19.1. The summed E-state index contributed by atoms with van der Waals surface area (Å²) in [6, 6.07) is 9.45. The molecule has 0 saturated heterocycles. The Bertz CT molecular complexity index is 665. The van der Waals surface area contributed by atoms with Crippen LogP contribution in [0.15, 0.2) is 30.3 Å². The molecular weight excluding hydrogens is 259 g/mol. The SMILES string of the molecule is COc1cc(C)nc(COc2ccc(C#N)c(F)c2)c1. The van der Waals surface area contributed by atoms with Crippen LogP contribution in [0.4, 0.5) is 4.39 Å². The third kappa shape index (κ3) is 3.23. The summed E-state index contributed by atoms with van der Waals surface area (Å²) in [6.07, 6.45) is 0. The molecule has 1 heterocycles. The molecule has 0 amide bonds. The molecule has 4 nitrogen and oxygen atoms in total. The van der Waals surface area contributed by atoms with Crippen LogP contribution in [0.3, 0.4) is 0 Å². The summed E-state index contributed by atoms with van der Waals surface area (Å²) in [5, 5.41) is 8.65. The Morgan fingerprint density at radius 3 is 2.70 bits per heavy atom. The number of pyridine rings is 1. The molecule has 1 aromatic carbocycles. The summed E-state index contributed by atoms with van der Waals surface area (Å²) < 4.78 is 24.0. The van der Waals surface area contributed by atoms with Gasteiger partial charge in [-0.2, -0.15) is 5.26 Å². The lowest BCUT2D eigenvalue weighted by atomic mass is 10.2. The molecule has 0 atom stereocenters. The first-order valence-electron chi connectivity index (χ1n) is 5.96. The van der Waals surface area contributed by atoms with Gasteiger partial charge in [0.05, 0.1) is 18.4 Å². The van der Waals surface area contributed by atoms with Crippen molar-refractivity contribution in [2.75, 3.05) is 7.11 Å². The van der Waals surface area contributed by atoms with E-state index in [9.17, 15) is 4.39 Å². The zero-order chi connectivity index (χ0) is 14.5. The summed E-state index contributed by atoms with van der Waals surface area (Å²) >= 11 is 0. The Labute approximate surface area is 116 Å². The fourth-order valence-electron chi connectivity index (χ4n) is 1.73. The van der Waals surface area contributed by atoms with Crippen LogP contribution < -0.4 is 9.47 Å². The largest absolute Gasteiger partial charge is 0.497 e. The lowest BCUT2D eigenvalue weighted by molar-refractivity contribution is 0.298. The quantitative estimate of drug-likeness (QED) is 0.858. The van der Waals surface area contributed by atoms with E-state index in [1.54, 1.807) is 25.3 Å². The second kappa shape index (κ2) is 6.02. The van der Waals surface area contributed by atoms with Gasteiger partial charge in [-0.05, 0) is 19.1 Å². The van der Waals surface area contributed by atoms with Crippen LogP contribution in [0.5, 0.6) is 11.5 Å². The smallest absolute Gasteiger partial charge is 0.144 e. The monoisotopic (exact) mass is 272 g/mol. The molecule has 2 aromatic rings. The maximum Gasteiger partial charge on any atom is 0.144 e. The summed E-state index contributed by atoms with van der Waals surface area (Å²) in [7, 11) is 1.58. The average molecular weight is 272 g/mol. The lowest BCUT2D eigenvalue weighted by Gasteiger charge is -2.08. The van der Waals surface area contributed by atoms with Crippen LogP contribution in [0.2, 0.25) is 0 Å². The van der Waals surface area contributed by atoms with Crippen LogP contribution in [0.1, 0.15) is 17.0 Å². The molecule has 0 aliphatic carbocycles. The van der Waals surface area contributed by atoms with E-state index in [0.29, 0.717) is 17.2 Å². The molecular formula is C15H13FN2O2. The van der Waals surface area contributed by atoms with Gasteiger partial charge in [-0.3, -0.25) is 4.98 Å². The number of nitrogens with zero attached hydrogens (tertiary/aromatic N) is 2. The van der Waals surface area contributed by atoms with Gasteiger partial charge in [-0.25, -0.2) is 4.39 Å². The molecule has 5 heteroatoms. The molecule has 0 aliphatic heterocycles. The number of rotatable bonds is 4. The fourth-order valence-corrected chi connectivity index (χ4v) is 1.73. The molecule has 0 fully saturated rings. The summed E-state index contributed by atoms with van der Waals surface area (Å²) in [5.41, 5.74) is 1.49. The average Bonchev–Trinajstić information content (AvgIpc) is 2.44. The molecule has 1 aromatic heterocycles. The zero-order valence-corrected chi connectivity index (χ0v) is 11.2. The molecule has 2 rings (SSSR count). The van der Waals surface area contributed by atoms with Crippen molar-refractivity contribution in [3.63, 3.8) is 0 Å². The predicted octanol–water partition coefficient (Wildman–Crippen LogP) is 2.99. The Morgan fingerprint density at radius 2 is 2.05 bits per heavy atom. The number of ether oxygens (including phenoxy) is 2. The summed E-state index contributed by atoms with van der Waals surface area (Å²) in [5.74, 6) is 0.450. The normalized spacial score (nSPS) is 9.90. The summed E-state index contributed by atoms with van der Waals surface area (Å²) in [4.78, 5) is 4.30. The van der Waals surface area contributed by atoms with E-state index < -0.39 is 5.82 Å². The molecule has 0 N–H and O–H groups in total. The van der Waals surface area contributed by atoms with E-state index in [0.717, 1.165) is 5.69 Å². The minimum Gasteiger partial charge on any atom is -0.497 e. The standard InChI is InChI=1S/C15H13FN2O2/c1-10-5-14(19-2)6-12(18-10)9-20-13-4-3-11(8-17)15(16)7-13/h3-7H,9H2,1-2H3. The first-order chi connectivity index (χ1) is 9.62. The van der Waals surface area contributed by atoms with Crippen molar-refractivity contribution < 1.29 is 13.9 Å². The van der Waals surface area contributed by atoms with Gasteiger partial charge in [0, 0.05) is 23.9 Å². The number of halogens is 1. The van der Waals surface area contributed by atoms with Gasteiger partial charge in [0.15, 0.2) is 0 Å². The van der Waals surface area contributed by atoms with Crippen molar-refractivity contribution in [1.82, 2.24) is 4.98 Å². The minimum absolute atomic E-state index is 0.00676. The van der Waals surface area contributed by atoms with Crippen molar-refractivity contribution in [2.45, 2.75) is 13.5 Å². The maximum atomic E-state index is 13.4. The van der Waals surface area contributed by atoms with Gasteiger partial charge >= 0.3 is 0 Å². The molecule has 102 valence electrons. The molecule has 0 aliphatic rings. The molecule has 0 unspecified atom stereocenters. The first-order valence-corrected chi connectivity index (χ1v) is 5.96. The number of benzene rings is 1. The predicted molar refractivity (Wildman–Crippen MR) is 71.0 cm³/mol. The van der Waals surface area contributed by atoms with Crippen LogP contribution in [-0.4, -0.2) is 12.1 Å². The molecule has 0 bridgehead atoms. The van der Waals surface area contributed by atoms with E-state index in [4.69, 9.17) is 14.7 Å². The lowest BCUT2D eigenvalue weighted by Crippen LogP contribution is -2.01. The van der Waals surface area contributed by atoms with E-state index in [1.165, 1.54) is 12.1 Å². The van der Waals surface area contributed by atoms with Gasteiger partial charge in [0.1, 0.15) is 30.0 Å². The molecule has 0 spiro atoms. The Hall–Kier alpha value is -2.61.